The summed E-state index contributed by atoms with van der Waals surface area (Å²) in [6, 6.07) is 14.0. The van der Waals surface area contributed by atoms with Gasteiger partial charge in [-0.15, -0.1) is 0 Å². The minimum absolute atomic E-state index is 0.0554. The molecule has 0 aliphatic rings. The van der Waals surface area contributed by atoms with Crippen molar-refractivity contribution in [1.82, 2.24) is 5.32 Å². The lowest BCUT2D eigenvalue weighted by atomic mass is 9.95. The fourth-order valence-electron chi connectivity index (χ4n) is 2.19. The van der Waals surface area contributed by atoms with Crippen LogP contribution in [0.1, 0.15) is 35.8 Å². The van der Waals surface area contributed by atoms with Crippen LogP contribution in [0.15, 0.2) is 53.0 Å². The maximum absolute atomic E-state index is 13.9. The molecule has 2 nitrogen and oxygen atoms in total. The molecule has 2 rings (SSSR count). The van der Waals surface area contributed by atoms with Gasteiger partial charge in [0.25, 0.3) is 5.91 Å². The van der Waals surface area contributed by atoms with Crippen molar-refractivity contribution in [2.45, 2.75) is 19.9 Å². The second kappa shape index (κ2) is 6.85. The topological polar surface area (TPSA) is 29.1 Å². The fraction of sp³-hybridized carbons (Fsp3) is 0.235. The summed E-state index contributed by atoms with van der Waals surface area (Å²) in [7, 11) is 0. The van der Waals surface area contributed by atoms with Gasteiger partial charge < -0.3 is 5.32 Å². The molecule has 2 aromatic carbocycles. The van der Waals surface area contributed by atoms with Crippen molar-refractivity contribution in [3.63, 3.8) is 0 Å². The van der Waals surface area contributed by atoms with Crippen molar-refractivity contribution in [3.8, 4) is 0 Å². The van der Waals surface area contributed by atoms with E-state index in [4.69, 9.17) is 0 Å². The molecular weight excluding hydrogens is 333 g/mol. The van der Waals surface area contributed by atoms with Crippen molar-refractivity contribution in [2.24, 2.45) is 5.92 Å². The Balaban J connectivity index is 2.23. The molecule has 1 atom stereocenters. The lowest BCUT2D eigenvalue weighted by Gasteiger charge is -2.23. The normalized spacial score (nSPS) is 12.2. The van der Waals surface area contributed by atoms with Crippen LogP contribution in [0.3, 0.4) is 0 Å². The Labute approximate surface area is 132 Å². The zero-order chi connectivity index (χ0) is 15.4. The average Bonchev–Trinajstić information content (AvgIpc) is 2.45. The first-order chi connectivity index (χ1) is 9.99. The lowest BCUT2D eigenvalue weighted by molar-refractivity contribution is 0.0921. The number of hydrogen-bond donors (Lipinski definition) is 1. The van der Waals surface area contributed by atoms with Crippen LogP contribution in [0.5, 0.6) is 0 Å². The average molecular weight is 350 g/mol. The molecule has 0 fully saturated rings. The molecule has 21 heavy (non-hydrogen) atoms. The van der Waals surface area contributed by atoms with Gasteiger partial charge in [0.05, 0.1) is 11.6 Å². The maximum atomic E-state index is 13.9. The smallest absolute Gasteiger partial charge is 0.254 e. The zero-order valence-electron chi connectivity index (χ0n) is 11.9. The van der Waals surface area contributed by atoms with Crippen molar-refractivity contribution in [2.75, 3.05) is 0 Å². The Hall–Kier alpha value is -1.68. The van der Waals surface area contributed by atoms with E-state index in [2.05, 4.69) is 21.2 Å². The van der Waals surface area contributed by atoms with E-state index >= 15 is 0 Å². The Kier molecular flexibility index (Phi) is 5.12. The summed E-state index contributed by atoms with van der Waals surface area (Å²) in [5.41, 5.74) is 1.07. The number of halogens is 2. The number of benzene rings is 2. The highest BCUT2D eigenvalue weighted by atomic mass is 79.9. The van der Waals surface area contributed by atoms with Gasteiger partial charge in [0, 0.05) is 4.47 Å². The SMILES string of the molecule is CC(C)C(NC(=O)c1ccc(Br)cc1F)c1ccccc1. The molecule has 2 aromatic rings. The minimum Gasteiger partial charge on any atom is -0.345 e. The molecule has 1 unspecified atom stereocenters. The van der Waals surface area contributed by atoms with E-state index in [-0.39, 0.29) is 17.5 Å². The minimum atomic E-state index is -0.530. The van der Waals surface area contributed by atoms with Gasteiger partial charge in [-0.3, -0.25) is 4.79 Å². The third-order valence-corrected chi connectivity index (χ3v) is 3.78. The molecule has 110 valence electrons. The Morgan fingerprint density at radius 1 is 1.14 bits per heavy atom. The highest BCUT2D eigenvalue weighted by Crippen LogP contribution is 2.23. The molecule has 0 saturated carbocycles. The lowest BCUT2D eigenvalue weighted by Crippen LogP contribution is -2.32. The summed E-state index contributed by atoms with van der Waals surface area (Å²) in [6.45, 7) is 4.05. The van der Waals surface area contributed by atoms with E-state index in [1.54, 1.807) is 6.07 Å². The van der Waals surface area contributed by atoms with Crippen molar-refractivity contribution >= 4 is 21.8 Å². The van der Waals surface area contributed by atoms with E-state index in [0.717, 1.165) is 5.56 Å². The molecule has 0 radical (unpaired) electrons. The second-order valence-electron chi connectivity index (χ2n) is 5.23. The van der Waals surface area contributed by atoms with Crippen LogP contribution in [0.25, 0.3) is 0 Å². The van der Waals surface area contributed by atoms with Crippen molar-refractivity contribution in [1.29, 1.82) is 0 Å². The van der Waals surface area contributed by atoms with Crippen LogP contribution in [0.2, 0.25) is 0 Å². The fourth-order valence-corrected chi connectivity index (χ4v) is 2.52. The first-order valence-corrected chi connectivity index (χ1v) is 7.59. The number of carbonyl (C=O) groups excluding carboxylic acids is 1. The highest BCUT2D eigenvalue weighted by Gasteiger charge is 2.20. The number of hydrogen-bond acceptors (Lipinski definition) is 1. The van der Waals surface area contributed by atoms with Crippen LogP contribution >= 0.6 is 15.9 Å². The van der Waals surface area contributed by atoms with E-state index in [0.29, 0.717) is 4.47 Å². The molecule has 0 saturated heterocycles. The third-order valence-electron chi connectivity index (χ3n) is 3.29. The predicted molar refractivity (Wildman–Crippen MR) is 85.6 cm³/mol. The summed E-state index contributed by atoms with van der Waals surface area (Å²) in [6.07, 6.45) is 0. The summed E-state index contributed by atoms with van der Waals surface area (Å²) in [5, 5.41) is 2.92. The van der Waals surface area contributed by atoms with E-state index in [1.165, 1.54) is 12.1 Å². The van der Waals surface area contributed by atoms with E-state index in [9.17, 15) is 9.18 Å². The first kappa shape index (κ1) is 15.7. The summed E-state index contributed by atoms with van der Waals surface area (Å²) in [4.78, 5) is 12.3. The second-order valence-corrected chi connectivity index (χ2v) is 6.15. The maximum Gasteiger partial charge on any atom is 0.254 e. The van der Waals surface area contributed by atoms with Crippen molar-refractivity contribution in [3.05, 3.63) is 69.9 Å². The van der Waals surface area contributed by atoms with E-state index in [1.807, 2.05) is 44.2 Å². The largest absolute Gasteiger partial charge is 0.345 e. The molecule has 0 aliphatic heterocycles. The summed E-state index contributed by atoms with van der Waals surface area (Å²) >= 11 is 3.18. The summed E-state index contributed by atoms with van der Waals surface area (Å²) < 4.78 is 14.5. The van der Waals surface area contributed by atoms with Crippen LogP contribution in [0, 0.1) is 11.7 Å². The Morgan fingerprint density at radius 2 is 1.81 bits per heavy atom. The molecule has 0 bridgehead atoms. The quantitative estimate of drug-likeness (QED) is 0.850. The Morgan fingerprint density at radius 3 is 2.38 bits per heavy atom. The van der Waals surface area contributed by atoms with Crippen LogP contribution < -0.4 is 5.32 Å². The first-order valence-electron chi connectivity index (χ1n) is 6.80. The van der Waals surface area contributed by atoms with Gasteiger partial charge in [-0.25, -0.2) is 4.39 Å². The van der Waals surface area contributed by atoms with Crippen LogP contribution in [0.4, 0.5) is 4.39 Å². The number of rotatable bonds is 4. The number of amides is 1. The highest BCUT2D eigenvalue weighted by molar-refractivity contribution is 9.10. The molecule has 1 amide bonds. The van der Waals surface area contributed by atoms with Gasteiger partial charge in [0.1, 0.15) is 5.82 Å². The monoisotopic (exact) mass is 349 g/mol. The van der Waals surface area contributed by atoms with Crippen LogP contribution in [-0.2, 0) is 0 Å². The summed E-state index contributed by atoms with van der Waals surface area (Å²) in [5.74, 6) is -0.727. The Bertz CT molecular complexity index is 628. The van der Waals surface area contributed by atoms with Gasteiger partial charge >= 0.3 is 0 Å². The standard InChI is InChI=1S/C17H17BrFNO/c1-11(2)16(12-6-4-3-5-7-12)20-17(21)14-9-8-13(18)10-15(14)19/h3-11,16H,1-2H3,(H,20,21). The van der Waals surface area contributed by atoms with Gasteiger partial charge in [0.2, 0.25) is 0 Å². The van der Waals surface area contributed by atoms with Gasteiger partial charge in [0.15, 0.2) is 0 Å². The predicted octanol–water partition coefficient (Wildman–Crippen LogP) is 4.72. The van der Waals surface area contributed by atoms with Gasteiger partial charge in [-0.05, 0) is 29.7 Å². The molecule has 0 aromatic heterocycles. The molecule has 0 spiro atoms. The van der Waals surface area contributed by atoms with Gasteiger partial charge in [-0.2, -0.15) is 0 Å². The molecular formula is C17H17BrFNO. The molecule has 1 N–H and O–H groups in total. The molecule has 4 heteroatoms. The molecule has 0 aliphatic carbocycles. The van der Waals surface area contributed by atoms with Crippen molar-refractivity contribution < 1.29 is 9.18 Å². The zero-order valence-corrected chi connectivity index (χ0v) is 13.5. The number of carbonyl (C=O) groups is 1. The number of nitrogens with one attached hydrogen (secondary N) is 1. The third kappa shape index (κ3) is 3.91. The molecule has 0 heterocycles. The van der Waals surface area contributed by atoms with Crippen LogP contribution in [-0.4, -0.2) is 5.91 Å². The van der Waals surface area contributed by atoms with E-state index < -0.39 is 11.7 Å². The van der Waals surface area contributed by atoms with Gasteiger partial charge in [-0.1, -0.05) is 60.1 Å².